The van der Waals surface area contributed by atoms with Gasteiger partial charge in [-0.1, -0.05) is 6.92 Å². The van der Waals surface area contributed by atoms with E-state index in [1.165, 1.54) is 17.8 Å². The SMILES string of the molecule is Cc1nc(C(=O)N2CCCC(C)C2)cs1. The Bertz CT molecular complexity index is 361. The van der Waals surface area contributed by atoms with Crippen LogP contribution in [0.1, 0.15) is 35.3 Å². The summed E-state index contributed by atoms with van der Waals surface area (Å²) in [5.74, 6) is 0.730. The van der Waals surface area contributed by atoms with E-state index >= 15 is 0 Å². The van der Waals surface area contributed by atoms with Crippen molar-refractivity contribution in [2.45, 2.75) is 26.7 Å². The molecule has 82 valence electrons. The number of rotatable bonds is 1. The lowest BCUT2D eigenvalue weighted by Gasteiger charge is -2.30. The van der Waals surface area contributed by atoms with Crippen LogP contribution < -0.4 is 0 Å². The van der Waals surface area contributed by atoms with Crippen molar-refractivity contribution >= 4 is 17.2 Å². The Labute approximate surface area is 94.1 Å². The van der Waals surface area contributed by atoms with Crippen molar-refractivity contribution in [1.29, 1.82) is 0 Å². The molecular weight excluding hydrogens is 208 g/mol. The number of hydrogen-bond acceptors (Lipinski definition) is 3. The molecule has 1 aliphatic heterocycles. The molecule has 0 N–H and O–H groups in total. The summed E-state index contributed by atoms with van der Waals surface area (Å²) >= 11 is 1.54. The van der Waals surface area contributed by atoms with Crippen molar-refractivity contribution in [1.82, 2.24) is 9.88 Å². The largest absolute Gasteiger partial charge is 0.337 e. The molecule has 2 rings (SSSR count). The van der Waals surface area contributed by atoms with Gasteiger partial charge in [-0.15, -0.1) is 11.3 Å². The molecule has 1 saturated heterocycles. The van der Waals surface area contributed by atoms with Gasteiger partial charge < -0.3 is 4.90 Å². The smallest absolute Gasteiger partial charge is 0.273 e. The molecule has 1 atom stereocenters. The summed E-state index contributed by atoms with van der Waals surface area (Å²) in [5.41, 5.74) is 0.617. The molecule has 0 spiro atoms. The van der Waals surface area contributed by atoms with E-state index in [4.69, 9.17) is 0 Å². The zero-order valence-corrected chi connectivity index (χ0v) is 10.0. The Morgan fingerprint density at radius 2 is 2.47 bits per heavy atom. The van der Waals surface area contributed by atoms with E-state index < -0.39 is 0 Å². The predicted molar refractivity (Wildman–Crippen MR) is 61.2 cm³/mol. The number of amides is 1. The van der Waals surface area contributed by atoms with Crippen molar-refractivity contribution < 1.29 is 4.79 Å². The van der Waals surface area contributed by atoms with Crippen LogP contribution in [0.3, 0.4) is 0 Å². The number of aryl methyl sites for hydroxylation is 1. The molecule has 4 heteroatoms. The summed E-state index contributed by atoms with van der Waals surface area (Å²) in [5, 5.41) is 2.82. The van der Waals surface area contributed by atoms with Gasteiger partial charge in [0.05, 0.1) is 5.01 Å². The second-order valence-corrected chi connectivity index (χ2v) is 5.31. The summed E-state index contributed by atoms with van der Waals surface area (Å²) in [7, 11) is 0. The highest BCUT2D eigenvalue weighted by Gasteiger charge is 2.23. The number of piperidine rings is 1. The second kappa shape index (κ2) is 4.31. The molecule has 0 aromatic carbocycles. The molecule has 0 saturated carbocycles. The number of thiazole rings is 1. The molecule has 1 aromatic rings. The number of likely N-dealkylation sites (tertiary alicyclic amines) is 1. The Morgan fingerprint density at radius 1 is 1.67 bits per heavy atom. The standard InChI is InChI=1S/C11H16N2OS/c1-8-4-3-5-13(6-8)11(14)10-7-15-9(2)12-10/h7-8H,3-6H2,1-2H3. The molecule has 1 aromatic heterocycles. The van der Waals surface area contributed by atoms with Crippen molar-refractivity contribution in [3.63, 3.8) is 0 Å². The maximum Gasteiger partial charge on any atom is 0.273 e. The summed E-state index contributed by atoms with van der Waals surface area (Å²) in [6.07, 6.45) is 2.36. The maximum atomic E-state index is 12.0. The zero-order valence-electron chi connectivity index (χ0n) is 9.19. The quantitative estimate of drug-likeness (QED) is 0.733. The molecule has 1 unspecified atom stereocenters. The highest BCUT2D eigenvalue weighted by atomic mass is 32.1. The van der Waals surface area contributed by atoms with Crippen LogP contribution in [0, 0.1) is 12.8 Å². The van der Waals surface area contributed by atoms with E-state index in [9.17, 15) is 4.79 Å². The Hall–Kier alpha value is -0.900. The fourth-order valence-corrected chi connectivity index (χ4v) is 2.58. The lowest BCUT2D eigenvalue weighted by Crippen LogP contribution is -2.39. The fourth-order valence-electron chi connectivity index (χ4n) is 2.00. The maximum absolute atomic E-state index is 12.0. The van der Waals surface area contributed by atoms with Crippen LogP contribution in [0.2, 0.25) is 0 Å². The van der Waals surface area contributed by atoms with Gasteiger partial charge >= 0.3 is 0 Å². The monoisotopic (exact) mass is 224 g/mol. The minimum Gasteiger partial charge on any atom is -0.337 e. The normalized spacial score (nSPS) is 21.7. The van der Waals surface area contributed by atoms with Gasteiger partial charge in [-0.2, -0.15) is 0 Å². The molecule has 0 bridgehead atoms. The summed E-state index contributed by atoms with van der Waals surface area (Å²) in [6, 6.07) is 0. The number of carbonyl (C=O) groups is 1. The number of aromatic nitrogens is 1. The molecular formula is C11H16N2OS. The van der Waals surface area contributed by atoms with Crippen LogP contribution >= 0.6 is 11.3 Å². The van der Waals surface area contributed by atoms with E-state index in [2.05, 4.69) is 11.9 Å². The summed E-state index contributed by atoms with van der Waals surface area (Å²) < 4.78 is 0. The van der Waals surface area contributed by atoms with Crippen LogP contribution in [-0.2, 0) is 0 Å². The highest BCUT2D eigenvalue weighted by Crippen LogP contribution is 2.18. The lowest BCUT2D eigenvalue weighted by molar-refractivity contribution is 0.0677. The number of carbonyl (C=O) groups excluding carboxylic acids is 1. The van der Waals surface area contributed by atoms with Gasteiger partial charge in [-0.3, -0.25) is 4.79 Å². The van der Waals surface area contributed by atoms with E-state index in [1.54, 1.807) is 0 Å². The van der Waals surface area contributed by atoms with E-state index in [1.807, 2.05) is 17.2 Å². The first-order chi connectivity index (χ1) is 7.16. The van der Waals surface area contributed by atoms with Crippen LogP contribution in [0.4, 0.5) is 0 Å². The van der Waals surface area contributed by atoms with Crippen LogP contribution in [0.15, 0.2) is 5.38 Å². The lowest BCUT2D eigenvalue weighted by atomic mass is 10.0. The van der Waals surface area contributed by atoms with E-state index in [0.717, 1.165) is 24.5 Å². The molecule has 1 aliphatic rings. The molecule has 1 fully saturated rings. The second-order valence-electron chi connectivity index (χ2n) is 4.25. The molecule has 15 heavy (non-hydrogen) atoms. The average molecular weight is 224 g/mol. The molecule has 0 radical (unpaired) electrons. The first kappa shape index (κ1) is 10.6. The third-order valence-electron chi connectivity index (χ3n) is 2.78. The van der Waals surface area contributed by atoms with E-state index in [-0.39, 0.29) is 5.91 Å². The minimum absolute atomic E-state index is 0.103. The molecule has 3 nitrogen and oxygen atoms in total. The molecule has 1 amide bonds. The Balaban J connectivity index is 2.07. The van der Waals surface area contributed by atoms with Crippen LogP contribution in [0.25, 0.3) is 0 Å². The highest BCUT2D eigenvalue weighted by molar-refractivity contribution is 7.09. The van der Waals surface area contributed by atoms with Crippen LogP contribution in [0.5, 0.6) is 0 Å². The van der Waals surface area contributed by atoms with Gasteiger partial charge in [-0.05, 0) is 25.7 Å². The van der Waals surface area contributed by atoms with E-state index in [0.29, 0.717) is 11.6 Å². The zero-order chi connectivity index (χ0) is 10.8. The fraction of sp³-hybridized carbons (Fsp3) is 0.636. The Morgan fingerprint density at radius 3 is 3.07 bits per heavy atom. The first-order valence-electron chi connectivity index (χ1n) is 5.38. The van der Waals surface area contributed by atoms with Crippen molar-refractivity contribution in [2.24, 2.45) is 5.92 Å². The summed E-state index contributed by atoms with van der Waals surface area (Å²) in [6.45, 7) is 5.90. The molecule has 0 aliphatic carbocycles. The van der Waals surface area contributed by atoms with Crippen LogP contribution in [-0.4, -0.2) is 28.9 Å². The minimum atomic E-state index is 0.103. The average Bonchev–Trinajstić information content (AvgIpc) is 2.64. The van der Waals surface area contributed by atoms with Crippen molar-refractivity contribution in [3.05, 3.63) is 16.1 Å². The first-order valence-corrected chi connectivity index (χ1v) is 6.26. The third kappa shape index (κ3) is 2.37. The molecule has 2 heterocycles. The van der Waals surface area contributed by atoms with Gasteiger partial charge in [0.2, 0.25) is 0 Å². The topological polar surface area (TPSA) is 33.2 Å². The predicted octanol–water partition coefficient (Wildman–Crippen LogP) is 2.32. The van der Waals surface area contributed by atoms with Gasteiger partial charge in [0.1, 0.15) is 5.69 Å². The van der Waals surface area contributed by atoms with Gasteiger partial charge in [0.25, 0.3) is 5.91 Å². The third-order valence-corrected chi connectivity index (χ3v) is 3.56. The number of hydrogen-bond donors (Lipinski definition) is 0. The van der Waals surface area contributed by atoms with Crippen molar-refractivity contribution in [2.75, 3.05) is 13.1 Å². The number of nitrogens with zero attached hydrogens (tertiary/aromatic N) is 2. The van der Waals surface area contributed by atoms with Crippen molar-refractivity contribution in [3.8, 4) is 0 Å². The summed E-state index contributed by atoms with van der Waals surface area (Å²) in [4.78, 5) is 18.2. The van der Waals surface area contributed by atoms with Gasteiger partial charge in [-0.25, -0.2) is 4.98 Å². The Kier molecular flexibility index (Phi) is 3.05. The van der Waals surface area contributed by atoms with Gasteiger partial charge in [0.15, 0.2) is 0 Å². The van der Waals surface area contributed by atoms with Gasteiger partial charge in [0, 0.05) is 18.5 Å².